The molecule has 120 valence electrons. The van der Waals surface area contributed by atoms with Crippen molar-refractivity contribution in [3.05, 3.63) is 52.2 Å². The molecular formula is C18H19NO4. The van der Waals surface area contributed by atoms with Crippen LogP contribution in [0.3, 0.4) is 0 Å². The molecule has 3 aromatic rings. The van der Waals surface area contributed by atoms with Crippen LogP contribution in [0.15, 0.2) is 45.6 Å². The third kappa shape index (κ3) is 3.06. The first-order chi connectivity index (χ1) is 11.1. The van der Waals surface area contributed by atoms with Gasteiger partial charge in [0.1, 0.15) is 16.9 Å². The summed E-state index contributed by atoms with van der Waals surface area (Å²) < 4.78 is 11.2. The van der Waals surface area contributed by atoms with Crippen LogP contribution in [0.4, 0.5) is 0 Å². The highest BCUT2D eigenvalue weighted by atomic mass is 16.5. The van der Waals surface area contributed by atoms with E-state index in [-0.39, 0.29) is 5.43 Å². The molecule has 5 heteroatoms. The van der Waals surface area contributed by atoms with Gasteiger partial charge in [-0.15, -0.1) is 0 Å². The van der Waals surface area contributed by atoms with E-state index in [2.05, 4.69) is 5.32 Å². The average Bonchev–Trinajstić information content (AvgIpc) is 2.55. The smallest absolute Gasteiger partial charge is 0.200 e. The Bertz CT molecular complexity index is 899. The van der Waals surface area contributed by atoms with Crippen molar-refractivity contribution >= 4 is 21.9 Å². The molecular weight excluding hydrogens is 294 g/mol. The van der Waals surface area contributed by atoms with E-state index < -0.39 is 6.10 Å². The average molecular weight is 313 g/mol. The number of aliphatic hydroxyl groups excluding tert-OH is 1. The van der Waals surface area contributed by atoms with Gasteiger partial charge in [-0.3, -0.25) is 4.79 Å². The van der Waals surface area contributed by atoms with Gasteiger partial charge in [-0.05, 0) is 25.1 Å². The highest BCUT2D eigenvalue weighted by Gasteiger charge is 2.11. The lowest BCUT2D eigenvalue weighted by Gasteiger charge is -2.10. The van der Waals surface area contributed by atoms with Crippen molar-refractivity contribution in [2.24, 2.45) is 0 Å². The number of nitrogens with one attached hydrogen (secondary N) is 1. The van der Waals surface area contributed by atoms with Crippen LogP contribution in [0, 0.1) is 0 Å². The molecule has 0 fully saturated rings. The summed E-state index contributed by atoms with van der Waals surface area (Å²) in [6.45, 7) is 2.71. The van der Waals surface area contributed by atoms with Crippen molar-refractivity contribution < 1.29 is 14.3 Å². The first-order valence-electron chi connectivity index (χ1n) is 7.51. The van der Waals surface area contributed by atoms with Gasteiger partial charge in [0.05, 0.1) is 24.0 Å². The lowest BCUT2D eigenvalue weighted by Crippen LogP contribution is -2.24. The fourth-order valence-electron chi connectivity index (χ4n) is 2.60. The Morgan fingerprint density at radius 1 is 1.26 bits per heavy atom. The number of fused-ring (bicyclic) bond motifs is 2. The summed E-state index contributed by atoms with van der Waals surface area (Å²) in [5.74, 6) is 0.643. The van der Waals surface area contributed by atoms with Crippen molar-refractivity contribution in [2.45, 2.75) is 19.6 Å². The number of hydrogen-bond acceptors (Lipinski definition) is 5. The van der Waals surface area contributed by atoms with E-state index >= 15 is 0 Å². The minimum absolute atomic E-state index is 0.0544. The van der Waals surface area contributed by atoms with E-state index in [9.17, 15) is 9.90 Å². The number of methoxy groups -OCH3 is 1. The second kappa shape index (κ2) is 6.40. The van der Waals surface area contributed by atoms with Gasteiger partial charge in [0.15, 0.2) is 0 Å². The van der Waals surface area contributed by atoms with Crippen LogP contribution >= 0.6 is 0 Å². The maximum atomic E-state index is 12.7. The first kappa shape index (κ1) is 15.5. The Morgan fingerprint density at radius 2 is 2.09 bits per heavy atom. The molecule has 2 N–H and O–H groups in total. The molecule has 0 aliphatic rings. The number of para-hydroxylation sites is 1. The summed E-state index contributed by atoms with van der Waals surface area (Å²) >= 11 is 0. The first-order valence-corrected chi connectivity index (χ1v) is 7.51. The van der Waals surface area contributed by atoms with Gasteiger partial charge in [0, 0.05) is 24.7 Å². The van der Waals surface area contributed by atoms with E-state index in [1.54, 1.807) is 38.3 Å². The predicted octanol–water partition coefficient (Wildman–Crippen LogP) is 2.43. The van der Waals surface area contributed by atoms with E-state index in [1.807, 2.05) is 12.1 Å². The molecule has 2 aromatic carbocycles. The number of benzene rings is 2. The standard InChI is InChI=1S/C18H19NO4/c1-11(20)9-19-10-12-4-3-5-15-17(21)14-7-6-13(22-2)8-16(14)23-18(12)15/h3-8,11,19-20H,9-10H2,1-2H3/t11-/m1/s1. The summed E-state index contributed by atoms with van der Waals surface area (Å²) in [4.78, 5) is 12.7. The molecule has 0 amide bonds. The molecule has 1 aromatic heterocycles. The Morgan fingerprint density at radius 3 is 2.83 bits per heavy atom. The maximum absolute atomic E-state index is 12.7. The Labute approximate surface area is 133 Å². The summed E-state index contributed by atoms with van der Waals surface area (Å²) in [5.41, 5.74) is 1.90. The van der Waals surface area contributed by atoms with Gasteiger partial charge in [0.2, 0.25) is 5.43 Å². The Balaban J connectivity index is 2.13. The number of rotatable bonds is 5. The molecule has 0 spiro atoms. The van der Waals surface area contributed by atoms with Gasteiger partial charge in [-0.1, -0.05) is 12.1 Å². The SMILES string of the molecule is COc1ccc2c(=O)c3cccc(CNC[C@@H](C)O)c3oc2c1. The molecule has 0 aliphatic heterocycles. The fourth-order valence-corrected chi connectivity index (χ4v) is 2.60. The van der Waals surface area contributed by atoms with Gasteiger partial charge < -0.3 is 19.6 Å². The van der Waals surface area contributed by atoms with Crippen LogP contribution in [0.25, 0.3) is 21.9 Å². The Hall–Kier alpha value is -2.37. The number of aliphatic hydroxyl groups is 1. The fraction of sp³-hybridized carbons (Fsp3) is 0.278. The summed E-state index contributed by atoms with van der Waals surface area (Å²) in [7, 11) is 1.58. The second-order valence-electron chi connectivity index (χ2n) is 5.57. The molecule has 1 atom stereocenters. The third-order valence-electron chi connectivity index (χ3n) is 3.74. The molecule has 3 rings (SSSR count). The molecule has 0 aliphatic carbocycles. The normalized spacial score (nSPS) is 12.7. The van der Waals surface area contributed by atoms with Crippen molar-refractivity contribution in [3.8, 4) is 5.75 Å². The monoisotopic (exact) mass is 313 g/mol. The topological polar surface area (TPSA) is 71.7 Å². The molecule has 1 heterocycles. The quantitative estimate of drug-likeness (QED) is 0.708. The van der Waals surface area contributed by atoms with Crippen LogP contribution in [0.5, 0.6) is 5.75 Å². The second-order valence-corrected chi connectivity index (χ2v) is 5.57. The van der Waals surface area contributed by atoms with Crippen molar-refractivity contribution in [2.75, 3.05) is 13.7 Å². The number of ether oxygens (including phenoxy) is 1. The van der Waals surface area contributed by atoms with Gasteiger partial charge >= 0.3 is 0 Å². The van der Waals surface area contributed by atoms with E-state index in [0.29, 0.717) is 40.8 Å². The molecule has 5 nitrogen and oxygen atoms in total. The summed E-state index contributed by atoms with van der Waals surface area (Å²) in [5, 5.41) is 13.6. The van der Waals surface area contributed by atoms with Crippen LogP contribution in [-0.4, -0.2) is 24.9 Å². The lowest BCUT2D eigenvalue weighted by atomic mass is 10.1. The molecule has 0 saturated carbocycles. The molecule has 23 heavy (non-hydrogen) atoms. The van der Waals surface area contributed by atoms with Crippen molar-refractivity contribution in [1.29, 1.82) is 0 Å². The molecule has 0 radical (unpaired) electrons. The molecule has 0 bridgehead atoms. The van der Waals surface area contributed by atoms with Crippen LogP contribution < -0.4 is 15.5 Å². The van der Waals surface area contributed by atoms with E-state index in [4.69, 9.17) is 9.15 Å². The van der Waals surface area contributed by atoms with Crippen LogP contribution in [-0.2, 0) is 6.54 Å². The van der Waals surface area contributed by atoms with Gasteiger partial charge in [-0.25, -0.2) is 0 Å². The molecule has 0 saturated heterocycles. The molecule has 0 unspecified atom stereocenters. The lowest BCUT2D eigenvalue weighted by molar-refractivity contribution is 0.191. The Kier molecular flexibility index (Phi) is 4.32. The van der Waals surface area contributed by atoms with Crippen LogP contribution in [0.1, 0.15) is 12.5 Å². The third-order valence-corrected chi connectivity index (χ3v) is 3.74. The predicted molar refractivity (Wildman–Crippen MR) is 89.9 cm³/mol. The minimum Gasteiger partial charge on any atom is -0.497 e. The highest BCUT2D eigenvalue weighted by Crippen LogP contribution is 2.24. The van der Waals surface area contributed by atoms with E-state index in [1.165, 1.54) is 0 Å². The number of hydrogen-bond donors (Lipinski definition) is 2. The highest BCUT2D eigenvalue weighted by molar-refractivity contribution is 5.91. The largest absolute Gasteiger partial charge is 0.497 e. The van der Waals surface area contributed by atoms with Crippen LogP contribution in [0.2, 0.25) is 0 Å². The van der Waals surface area contributed by atoms with E-state index in [0.717, 1.165) is 5.56 Å². The van der Waals surface area contributed by atoms with Crippen molar-refractivity contribution in [3.63, 3.8) is 0 Å². The zero-order valence-corrected chi connectivity index (χ0v) is 13.1. The minimum atomic E-state index is -0.429. The summed E-state index contributed by atoms with van der Waals surface area (Å²) in [6, 6.07) is 10.7. The van der Waals surface area contributed by atoms with Gasteiger partial charge in [-0.2, -0.15) is 0 Å². The zero-order chi connectivity index (χ0) is 16.4. The van der Waals surface area contributed by atoms with Crippen molar-refractivity contribution in [1.82, 2.24) is 5.32 Å². The summed E-state index contributed by atoms with van der Waals surface area (Å²) in [6.07, 6.45) is -0.429. The zero-order valence-electron chi connectivity index (χ0n) is 13.1. The maximum Gasteiger partial charge on any atom is 0.200 e. The van der Waals surface area contributed by atoms with Gasteiger partial charge in [0.25, 0.3) is 0 Å².